The second-order valence-corrected chi connectivity index (χ2v) is 6.13. The van der Waals surface area contributed by atoms with Gasteiger partial charge in [0, 0.05) is 35.9 Å². The maximum absolute atomic E-state index is 13.2. The maximum atomic E-state index is 13.2. The first-order chi connectivity index (χ1) is 12.5. The van der Waals surface area contributed by atoms with Gasteiger partial charge in [-0.1, -0.05) is 6.07 Å². The Morgan fingerprint density at radius 2 is 2.12 bits per heavy atom. The van der Waals surface area contributed by atoms with Gasteiger partial charge in [0.1, 0.15) is 23.9 Å². The number of carbonyl (C=O) groups excluding carboxylic acids is 1. The summed E-state index contributed by atoms with van der Waals surface area (Å²) in [6.45, 7) is 2.24. The minimum Gasteiger partial charge on any atom is -0.507 e. The van der Waals surface area contributed by atoms with E-state index < -0.39 is 5.82 Å². The number of nitrogens with one attached hydrogen (secondary N) is 1. The van der Waals surface area contributed by atoms with Crippen LogP contribution in [0.4, 0.5) is 10.1 Å². The number of rotatable bonds is 2. The van der Waals surface area contributed by atoms with Gasteiger partial charge in [0.15, 0.2) is 0 Å². The highest BCUT2D eigenvalue weighted by Gasteiger charge is 2.19. The fourth-order valence-corrected chi connectivity index (χ4v) is 2.98. The van der Waals surface area contributed by atoms with Crippen LogP contribution in [0.2, 0.25) is 0 Å². The van der Waals surface area contributed by atoms with E-state index in [1.807, 2.05) is 18.2 Å². The lowest BCUT2D eigenvalue weighted by molar-refractivity contribution is -0.114. The molecule has 2 aromatic carbocycles. The van der Waals surface area contributed by atoms with Crippen molar-refractivity contribution in [1.82, 2.24) is 9.78 Å². The highest BCUT2D eigenvalue weighted by molar-refractivity contribution is 5.88. The topological polar surface area (TPSA) is 76.4 Å². The molecule has 2 N–H and O–H groups in total. The number of phenolic OH excluding ortho intramolecular Hbond substituents is 1. The van der Waals surface area contributed by atoms with Crippen LogP contribution in [-0.4, -0.2) is 20.8 Å². The minimum atomic E-state index is -0.501. The van der Waals surface area contributed by atoms with E-state index >= 15 is 0 Å². The van der Waals surface area contributed by atoms with E-state index in [9.17, 15) is 14.3 Å². The number of anilines is 1. The van der Waals surface area contributed by atoms with Gasteiger partial charge < -0.3 is 15.2 Å². The molecule has 132 valence electrons. The van der Waals surface area contributed by atoms with Crippen molar-refractivity contribution in [3.8, 4) is 22.8 Å². The number of aromatic hydroxyl groups is 1. The number of hydrogen-bond acceptors (Lipinski definition) is 4. The average Bonchev–Trinajstić information content (AvgIpc) is 2.89. The highest BCUT2D eigenvalue weighted by atomic mass is 19.1. The van der Waals surface area contributed by atoms with Crippen LogP contribution in [0.5, 0.6) is 11.5 Å². The van der Waals surface area contributed by atoms with Crippen LogP contribution in [-0.2, 0) is 17.9 Å². The van der Waals surface area contributed by atoms with Gasteiger partial charge in [0.05, 0.1) is 17.9 Å². The smallest absolute Gasteiger partial charge is 0.221 e. The van der Waals surface area contributed by atoms with Gasteiger partial charge in [-0.3, -0.25) is 9.48 Å². The molecule has 1 aromatic heterocycles. The zero-order valence-corrected chi connectivity index (χ0v) is 14.0. The molecule has 7 heteroatoms. The molecule has 0 saturated heterocycles. The Morgan fingerprint density at radius 3 is 2.88 bits per heavy atom. The molecule has 2 heterocycles. The number of ether oxygens (including phenoxy) is 1. The minimum absolute atomic E-state index is 0.143. The summed E-state index contributed by atoms with van der Waals surface area (Å²) in [5.41, 5.74) is 3.46. The van der Waals surface area contributed by atoms with Crippen LogP contribution < -0.4 is 10.1 Å². The summed E-state index contributed by atoms with van der Waals surface area (Å²) in [6, 6.07) is 11.1. The Hall–Kier alpha value is -3.35. The Morgan fingerprint density at radius 1 is 1.27 bits per heavy atom. The van der Waals surface area contributed by atoms with Crippen LogP contribution in [0.15, 0.2) is 42.5 Å². The van der Waals surface area contributed by atoms with Crippen molar-refractivity contribution in [1.29, 1.82) is 0 Å². The molecule has 0 radical (unpaired) electrons. The Kier molecular flexibility index (Phi) is 3.84. The van der Waals surface area contributed by atoms with Gasteiger partial charge >= 0.3 is 0 Å². The monoisotopic (exact) mass is 353 g/mol. The first-order valence-corrected chi connectivity index (χ1v) is 8.08. The lowest BCUT2D eigenvalue weighted by Crippen LogP contribution is -2.06. The van der Waals surface area contributed by atoms with Crippen LogP contribution in [0.3, 0.4) is 0 Å². The Bertz CT molecular complexity index is 1010. The molecule has 0 saturated carbocycles. The molecule has 26 heavy (non-hydrogen) atoms. The molecule has 6 nitrogen and oxygen atoms in total. The summed E-state index contributed by atoms with van der Waals surface area (Å²) in [5.74, 6) is -0.109. The van der Waals surface area contributed by atoms with Gasteiger partial charge in [0.25, 0.3) is 0 Å². The van der Waals surface area contributed by atoms with Crippen LogP contribution in [0.1, 0.15) is 18.2 Å². The van der Waals surface area contributed by atoms with Crippen LogP contribution in [0.25, 0.3) is 11.3 Å². The quantitative estimate of drug-likeness (QED) is 0.741. The average molecular weight is 353 g/mol. The van der Waals surface area contributed by atoms with Crippen LogP contribution in [0, 0.1) is 5.82 Å². The number of hydrogen-bond donors (Lipinski definition) is 2. The zero-order chi connectivity index (χ0) is 18.3. The summed E-state index contributed by atoms with van der Waals surface area (Å²) in [5, 5.41) is 17.2. The molecule has 0 fully saturated rings. The lowest BCUT2D eigenvalue weighted by Gasteiger charge is -2.09. The van der Waals surface area contributed by atoms with Gasteiger partial charge in [-0.25, -0.2) is 4.39 Å². The number of fused-ring (bicyclic) bond motifs is 2. The first kappa shape index (κ1) is 16.1. The lowest BCUT2D eigenvalue weighted by atomic mass is 10.1. The predicted octanol–water partition coefficient (Wildman–Crippen LogP) is 3.29. The third-order valence-corrected chi connectivity index (χ3v) is 4.18. The van der Waals surface area contributed by atoms with Crippen molar-refractivity contribution >= 4 is 11.6 Å². The van der Waals surface area contributed by atoms with E-state index in [1.165, 1.54) is 19.1 Å². The third-order valence-electron chi connectivity index (χ3n) is 4.18. The van der Waals surface area contributed by atoms with E-state index in [0.717, 1.165) is 17.3 Å². The number of aromatic nitrogens is 2. The fraction of sp³-hybridized carbons (Fsp3) is 0.158. The van der Waals surface area contributed by atoms with Crippen molar-refractivity contribution in [3.63, 3.8) is 0 Å². The molecule has 0 atom stereocenters. The van der Waals surface area contributed by atoms with E-state index in [-0.39, 0.29) is 11.7 Å². The molecule has 4 rings (SSSR count). The maximum Gasteiger partial charge on any atom is 0.221 e. The van der Waals surface area contributed by atoms with Crippen molar-refractivity contribution in [2.24, 2.45) is 0 Å². The Labute approximate surface area is 148 Å². The summed E-state index contributed by atoms with van der Waals surface area (Å²) in [6.07, 6.45) is 0. The second kappa shape index (κ2) is 6.18. The summed E-state index contributed by atoms with van der Waals surface area (Å²) >= 11 is 0. The molecule has 1 aliphatic heterocycles. The predicted molar refractivity (Wildman–Crippen MR) is 93.5 cm³/mol. The van der Waals surface area contributed by atoms with E-state index in [0.29, 0.717) is 35.8 Å². The molecular formula is C19H16FN3O3. The van der Waals surface area contributed by atoms with Crippen molar-refractivity contribution in [2.45, 2.75) is 20.1 Å². The van der Waals surface area contributed by atoms with Crippen molar-refractivity contribution < 1.29 is 19.0 Å². The SMILES string of the molecule is CC(=O)Nc1ccc2c(c1)OCc1cc(-c3ccc(F)cc3O)nn1C2. The second-order valence-electron chi connectivity index (χ2n) is 6.13. The molecule has 1 amide bonds. The first-order valence-electron chi connectivity index (χ1n) is 8.08. The van der Waals surface area contributed by atoms with Crippen LogP contribution >= 0.6 is 0 Å². The molecule has 0 aliphatic carbocycles. The number of halogens is 1. The molecular weight excluding hydrogens is 337 g/mol. The summed E-state index contributed by atoms with van der Waals surface area (Å²) in [7, 11) is 0. The zero-order valence-electron chi connectivity index (χ0n) is 14.0. The number of phenols is 1. The molecule has 0 bridgehead atoms. The highest BCUT2D eigenvalue weighted by Crippen LogP contribution is 2.32. The van der Waals surface area contributed by atoms with Gasteiger partial charge in [-0.05, 0) is 24.3 Å². The largest absolute Gasteiger partial charge is 0.507 e. The summed E-state index contributed by atoms with van der Waals surface area (Å²) < 4.78 is 20.8. The number of carbonyl (C=O) groups is 1. The van der Waals surface area contributed by atoms with Crippen molar-refractivity contribution in [2.75, 3.05) is 5.32 Å². The molecule has 0 unspecified atom stereocenters. The fourth-order valence-electron chi connectivity index (χ4n) is 2.98. The standard InChI is InChI=1S/C19H16FN3O3/c1-11(24)21-14-4-2-12-9-23-15(10-26-19(12)7-14)8-17(22-23)16-5-3-13(20)6-18(16)25/h2-8,25H,9-10H2,1H3,(H,21,24). The molecule has 3 aromatic rings. The van der Waals surface area contributed by atoms with Gasteiger partial charge in [0.2, 0.25) is 5.91 Å². The number of nitrogens with zero attached hydrogens (tertiary/aromatic N) is 2. The van der Waals surface area contributed by atoms with E-state index in [4.69, 9.17) is 4.74 Å². The number of benzene rings is 2. The van der Waals surface area contributed by atoms with E-state index in [1.54, 1.807) is 10.7 Å². The molecule has 0 spiro atoms. The summed E-state index contributed by atoms with van der Waals surface area (Å²) in [4.78, 5) is 11.2. The molecule has 1 aliphatic rings. The van der Waals surface area contributed by atoms with Crippen molar-refractivity contribution in [3.05, 3.63) is 59.5 Å². The third kappa shape index (κ3) is 2.99. The van der Waals surface area contributed by atoms with Gasteiger partial charge in [-0.2, -0.15) is 5.10 Å². The Balaban J connectivity index is 1.66. The normalized spacial score (nSPS) is 12.5. The van der Waals surface area contributed by atoms with E-state index in [2.05, 4.69) is 10.4 Å². The van der Waals surface area contributed by atoms with Gasteiger partial charge in [-0.15, -0.1) is 0 Å². The number of amides is 1.